The quantitative estimate of drug-likeness (QED) is 0.685. The number of aromatic nitrogens is 3. The van der Waals surface area contributed by atoms with Crippen molar-refractivity contribution in [1.29, 1.82) is 0 Å². The number of carbonyl (C=O) groups excluding carboxylic acids is 1. The Labute approximate surface area is 177 Å². The van der Waals surface area contributed by atoms with E-state index in [-0.39, 0.29) is 5.91 Å². The van der Waals surface area contributed by atoms with Crippen molar-refractivity contribution in [3.63, 3.8) is 0 Å². The van der Waals surface area contributed by atoms with Gasteiger partial charge in [-0.15, -0.1) is 0 Å². The number of likely N-dealkylation sites (tertiary alicyclic amines) is 1. The van der Waals surface area contributed by atoms with Gasteiger partial charge in [0.2, 0.25) is 0 Å². The standard InChI is InChI=1S/C24H29N5O/c1-18-26-23(28(2)27-18)17-29-14-6-7-19(16-29)15-25-24(30)22-12-10-21(11-13-22)20-8-4-3-5-9-20/h3-5,8-13,19H,6-7,14-17H2,1-2H3,(H,25,30)/t19-/m1/s1. The predicted octanol–water partition coefficient (Wildman–Crippen LogP) is 3.43. The van der Waals surface area contributed by atoms with Crippen molar-refractivity contribution >= 4 is 5.91 Å². The molecule has 0 aliphatic carbocycles. The fourth-order valence-electron chi connectivity index (χ4n) is 4.14. The molecule has 1 fully saturated rings. The first-order valence-electron chi connectivity index (χ1n) is 10.6. The van der Waals surface area contributed by atoms with Crippen molar-refractivity contribution < 1.29 is 4.79 Å². The van der Waals surface area contributed by atoms with E-state index in [0.29, 0.717) is 18.0 Å². The van der Waals surface area contributed by atoms with Crippen LogP contribution in [0.5, 0.6) is 0 Å². The van der Waals surface area contributed by atoms with Crippen molar-refractivity contribution in [2.24, 2.45) is 13.0 Å². The lowest BCUT2D eigenvalue weighted by molar-refractivity contribution is 0.0929. The van der Waals surface area contributed by atoms with Crippen molar-refractivity contribution in [2.75, 3.05) is 19.6 Å². The molecule has 1 N–H and O–H groups in total. The molecule has 0 spiro atoms. The maximum absolute atomic E-state index is 12.6. The molecule has 1 aromatic heterocycles. The summed E-state index contributed by atoms with van der Waals surface area (Å²) in [4.78, 5) is 19.5. The fraction of sp³-hybridized carbons (Fsp3) is 0.375. The Morgan fingerprint density at radius 3 is 2.53 bits per heavy atom. The third-order valence-electron chi connectivity index (χ3n) is 5.73. The number of hydrogen-bond acceptors (Lipinski definition) is 4. The molecule has 0 radical (unpaired) electrons. The number of hydrogen-bond donors (Lipinski definition) is 1. The lowest BCUT2D eigenvalue weighted by Crippen LogP contribution is -2.41. The van der Waals surface area contributed by atoms with Crippen molar-refractivity contribution in [3.05, 3.63) is 71.8 Å². The highest BCUT2D eigenvalue weighted by Crippen LogP contribution is 2.20. The number of nitrogens with zero attached hydrogens (tertiary/aromatic N) is 4. The average Bonchev–Trinajstić information content (AvgIpc) is 3.09. The van der Waals surface area contributed by atoms with Crippen LogP contribution in [-0.2, 0) is 13.6 Å². The van der Waals surface area contributed by atoms with Crippen LogP contribution in [0.25, 0.3) is 11.1 Å². The number of benzene rings is 2. The molecule has 2 aromatic carbocycles. The van der Waals surface area contributed by atoms with Gasteiger partial charge in [-0.3, -0.25) is 14.4 Å². The molecule has 1 atom stereocenters. The van der Waals surface area contributed by atoms with Gasteiger partial charge in [-0.1, -0.05) is 42.5 Å². The predicted molar refractivity (Wildman–Crippen MR) is 118 cm³/mol. The summed E-state index contributed by atoms with van der Waals surface area (Å²) in [5.41, 5.74) is 2.98. The molecular weight excluding hydrogens is 374 g/mol. The van der Waals surface area contributed by atoms with Crippen LogP contribution < -0.4 is 5.32 Å². The molecule has 30 heavy (non-hydrogen) atoms. The Morgan fingerprint density at radius 2 is 1.83 bits per heavy atom. The Hall–Kier alpha value is -2.99. The van der Waals surface area contributed by atoms with Gasteiger partial charge in [0.05, 0.1) is 6.54 Å². The molecule has 2 heterocycles. The van der Waals surface area contributed by atoms with E-state index in [1.807, 2.05) is 61.1 Å². The van der Waals surface area contributed by atoms with Crippen LogP contribution >= 0.6 is 0 Å². The lowest BCUT2D eigenvalue weighted by Gasteiger charge is -2.32. The highest BCUT2D eigenvalue weighted by Gasteiger charge is 2.22. The molecule has 6 heteroatoms. The van der Waals surface area contributed by atoms with Gasteiger partial charge in [0, 0.05) is 25.7 Å². The topological polar surface area (TPSA) is 63.1 Å². The lowest BCUT2D eigenvalue weighted by atomic mass is 9.97. The van der Waals surface area contributed by atoms with Crippen molar-refractivity contribution in [2.45, 2.75) is 26.3 Å². The van der Waals surface area contributed by atoms with Crippen LogP contribution in [0, 0.1) is 12.8 Å². The first kappa shape index (κ1) is 20.3. The Kier molecular flexibility index (Phi) is 6.23. The molecule has 4 rings (SSSR count). The zero-order chi connectivity index (χ0) is 20.9. The zero-order valence-corrected chi connectivity index (χ0v) is 17.7. The molecule has 1 aliphatic rings. The third-order valence-corrected chi connectivity index (χ3v) is 5.73. The van der Waals surface area contributed by atoms with E-state index in [2.05, 4.69) is 32.4 Å². The Bertz CT molecular complexity index is 981. The maximum Gasteiger partial charge on any atom is 0.251 e. The van der Waals surface area contributed by atoms with Crippen LogP contribution in [0.2, 0.25) is 0 Å². The third kappa shape index (κ3) is 4.94. The molecule has 3 aromatic rings. The van der Waals surface area contributed by atoms with Gasteiger partial charge in [0.1, 0.15) is 11.6 Å². The maximum atomic E-state index is 12.6. The second-order valence-electron chi connectivity index (χ2n) is 8.10. The summed E-state index contributed by atoms with van der Waals surface area (Å²) < 4.78 is 1.86. The van der Waals surface area contributed by atoms with E-state index < -0.39 is 0 Å². The van der Waals surface area contributed by atoms with Crippen LogP contribution in [0.15, 0.2) is 54.6 Å². The molecule has 1 amide bonds. The minimum Gasteiger partial charge on any atom is -0.352 e. The summed E-state index contributed by atoms with van der Waals surface area (Å²) in [5, 5.41) is 7.47. The van der Waals surface area contributed by atoms with Crippen LogP contribution in [0.4, 0.5) is 0 Å². The van der Waals surface area contributed by atoms with E-state index >= 15 is 0 Å². The largest absolute Gasteiger partial charge is 0.352 e. The van der Waals surface area contributed by atoms with Gasteiger partial charge >= 0.3 is 0 Å². The smallest absolute Gasteiger partial charge is 0.251 e. The monoisotopic (exact) mass is 403 g/mol. The second-order valence-corrected chi connectivity index (χ2v) is 8.10. The molecule has 6 nitrogen and oxygen atoms in total. The van der Waals surface area contributed by atoms with E-state index in [1.165, 1.54) is 0 Å². The molecule has 1 aliphatic heterocycles. The molecule has 156 valence electrons. The first-order chi connectivity index (χ1) is 14.6. The Balaban J connectivity index is 1.29. The minimum atomic E-state index is -0.00402. The molecule has 0 saturated carbocycles. The van der Waals surface area contributed by atoms with Gasteiger partial charge in [0.25, 0.3) is 5.91 Å². The van der Waals surface area contributed by atoms with Gasteiger partial charge in [-0.2, -0.15) is 5.10 Å². The van der Waals surface area contributed by atoms with Crippen molar-refractivity contribution in [1.82, 2.24) is 25.0 Å². The number of amides is 1. The first-order valence-corrected chi connectivity index (χ1v) is 10.6. The summed E-state index contributed by atoms with van der Waals surface area (Å²) in [6.07, 6.45) is 2.28. The average molecular weight is 404 g/mol. The van der Waals surface area contributed by atoms with Crippen molar-refractivity contribution in [3.8, 4) is 11.1 Å². The summed E-state index contributed by atoms with van der Waals surface area (Å²) >= 11 is 0. The molecule has 1 saturated heterocycles. The van der Waals surface area contributed by atoms with E-state index in [0.717, 1.165) is 55.3 Å². The van der Waals surface area contributed by atoms with Crippen LogP contribution in [-0.4, -0.2) is 45.2 Å². The zero-order valence-electron chi connectivity index (χ0n) is 17.7. The molecular formula is C24H29N5O. The number of aryl methyl sites for hydroxylation is 2. The highest BCUT2D eigenvalue weighted by molar-refractivity contribution is 5.94. The normalized spacial score (nSPS) is 17.1. The van der Waals surface area contributed by atoms with E-state index in [4.69, 9.17) is 0 Å². The van der Waals surface area contributed by atoms with E-state index in [9.17, 15) is 4.79 Å². The van der Waals surface area contributed by atoms with Gasteiger partial charge in [-0.05, 0) is 55.5 Å². The summed E-state index contributed by atoms with van der Waals surface area (Å²) in [6.45, 7) is 5.47. The van der Waals surface area contributed by atoms with Gasteiger partial charge in [0.15, 0.2) is 0 Å². The number of carbonyl (C=O) groups is 1. The van der Waals surface area contributed by atoms with E-state index in [1.54, 1.807) is 0 Å². The summed E-state index contributed by atoms with van der Waals surface area (Å²) in [7, 11) is 1.94. The van der Waals surface area contributed by atoms with Gasteiger partial charge in [-0.25, -0.2) is 4.98 Å². The summed E-state index contributed by atoms with van der Waals surface area (Å²) in [5.74, 6) is 2.26. The van der Waals surface area contributed by atoms with Crippen LogP contribution in [0.1, 0.15) is 34.8 Å². The molecule has 0 unspecified atom stereocenters. The minimum absolute atomic E-state index is 0.00402. The summed E-state index contributed by atoms with van der Waals surface area (Å²) in [6, 6.07) is 18.0. The Morgan fingerprint density at radius 1 is 1.10 bits per heavy atom. The molecule has 0 bridgehead atoms. The number of nitrogens with one attached hydrogen (secondary N) is 1. The number of rotatable bonds is 6. The van der Waals surface area contributed by atoms with Gasteiger partial charge < -0.3 is 5.32 Å². The highest BCUT2D eigenvalue weighted by atomic mass is 16.1. The van der Waals surface area contributed by atoms with Crippen LogP contribution in [0.3, 0.4) is 0 Å². The fourth-order valence-corrected chi connectivity index (χ4v) is 4.14. The number of piperidine rings is 1. The SMILES string of the molecule is Cc1nc(CN2CCC[C@H](CNC(=O)c3ccc(-c4ccccc4)cc3)C2)n(C)n1. The second kappa shape index (κ2) is 9.22.